The van der Waals surface area contributed by atoms with Crippen molar-refractivity contribution in [3.63, 3.8) is 0 Å². The number of carbonyl (C=O) groups is 1. The second-order valence-corrected chi connectivity index (χ2v) is 5.18. The predicted molar refractivity (Wildman–Crippen MR) is 79.1 cm³/mol. The number of nitrogens with one attached hydrogen (secondary N) is 1. The number of alkyl halides is 3. The zero-order valence-electron chi connectivity index (χ0n) is 11.7. The fourth-order valence-corrected chi connectivity index (χ4v) is 2.34. The number of hydrogen-bond donors (Lipinski definition) is 1. The first kappa shape index (κ1) is 14.4. The summed E-state index contributed by atoms with van der Waals surface area (Å²) in [6, 6.07) is 10.8. The molecule has 0 bridgehead atoms. The van der Waals surface area contributed by atoms with E-state index in [0.29, 0.717) is 11.1 Å². The van der Waals surface area contributed by atoms with E-state index < -0.39 is 17.6 Å². The molecule has 1 amide bonds. The van der Waals surface area contributed by atoms with E-state index in [-0.39, 0.29) is 5.69 Å². The van der Waals surface area contributed by atoms with E-state index >= 15 is 0 Å². The van der Waals surface area contributed by atoms with Crippen molar-refractivity contribution in [3.8, 4) is 0 Å². The van der Waals surface area contributed by atoms with Gasteiger partial charge in [-0.05, 0) is 30.7 Å². The molecular weight excluding hydrogens is 291 g/mol. The maximum absolute atomic E-state index is 12.7. The molecule has 0 fully saturated rings. The molecule has 0 saturated carbocycles. The molecule has 22 heavy (non-hydrogen) atoms. The van der Waals surface area contributed by atoms with Gasteiger partial charge >= 0.3 is 6.18 Å². The average molecular weight is 303 g/mol. The standard InChI is InChI=1S/C17H12F3NO/c1-10-2-4-11(5-3-10)8-14-13-7-6-12(17(18,19)20)9-15(13)21-16(14)22/h2-9H,1H3,(H,21,22)/b14-8-. The lowest BCUT2D eigenvalue weighted by atomic mass is 10.0. The summed E-state index contributed by atoms with van der Waals surface area (Å²) in [7, 11) is 0. The number of aryl methyl sites for hydroxylation is 1. The largest absolute Gasteiger partial charge is 0.416 e. The summed E-state index contributed by atoms with van der Waals surface area (Å²) in [4.78, 5) is 12.0. The highest BCUT2D eigenvalue weighted by atomic mass is 19.4. The van der Waals surface area contributed by atoms with Crippen LogP contribution in [0.5, 0.6) is 0 Å². The molecule has 112 valence electrons. The number of benzene rings is 2. The van der Waals surface area contributed by atoms with Crippen molar-refractivity contribution in [3.05, 3.63) is 64.7 Å². The Hall–Kier alpha value is -2.56. The fraction of sp³-hybridized carbons (Fsp3) is 0.118. The van der Waals surface area contributed by atoms with Crippen LogP contribution in [0.1, 0.15) is 22.3 Å². The molecular formula is C17H12F3NO. The molecule has 0 unspecified atom stereocenters. The van der Waals surface area contributed by atoms with Crippen molar-refractivity contribution in [2.24, 2.45) is 0 Å². The number of fused-ring (bicyclic) bond motifs is 1. The van der Waals surface area contributed by atoms with E-state index in [2.05, 4.69) is 5.32 Å². The monoisotopic (exact) mass is 303 g/mol. The second kappa shape index (κ2) is 5.02. The Kier molecular flexibility index (Phi) is 3.28. The van der Waals surface area contributed by atoms with Gasteiger partial charge in [-0.25, -0.2) is 0 Å². The first-order chi connectivity index (χ1) is 10.3. The van der Waals surface area contributed by atoms with Crippen molar-refractivity contribution < 1.29 is 18.0 Å². The van der Waals surface area contributed by atoms with Gasteiger partial charge in [0.1, 0.15) is 0 Å². The molecule has 0 radical (unpaired) electrons. The average Bonchev–Trinajstić information content (AvgIpc) is 2.76. The SMILES string of the molecule is Cc1ccc(/C=C2\C(=O)Nc3cc(C(F)(F)F)ccc32)cc1. The second-order valence-electron chi connectivity index (χ2n) is 5.18. The fourth-order valence-electron chi connectivity index (χ4n) is 2.34. The third kappa shape index (κ3) is 2.62. The molecule has 0 atom stereocenters. The van der Waals surface area contributed by atoms with Gasteiger partial charge in [0.2, 0.25) is 0 Å². The van der Waals surface area contributed by atoms with Crippen LogP contribution >= 0.6 is 0 Å². The molecule has 3 rings (SSSR count). The number of anilines is 1. The molecule has 2 aromatic carbocycles. The molecule has 0 aliphatic carbocycles. The van der Waals surface area contributed by atoms with Crippen LogP contribution in [-0.4, -0.2) is 5.91 Å². The Morgan fingerprint density at radius 2 is 1.73 bits per heavy atom. The zero-order chi connectivity index (χ0) is 15.9. The Labute approximate surface area is 125 Å². The summed E-state index contributed by atoms with van der Waals surface area (Å²) in [6.45, 7) is 1.95. The maximum atomic E-state index is 12.7. The molecule has 5 heteroatoms. The van der Waals surface area contributed by atoms with Crippen molar-refractivity contribution >= 4 is 23.2 Å². The van der Waals surface area contributed by atoms with Gasteiger partial charge < -0.3 is 5.32 Å². The topological polar surface area (TPSA) is 29.1 Å². The van der Waals surface area contributed by atoms with Gasteiger partial charge in [-0.3, -0.25) is 4.79 Å². The molecule has 0 saturated heterocycles. The van der Waals surface area contributed by atoms with E-state index in [1.54, 1.807) is 6.08 Å². The first-order valence-electron chi connectivity index (χ1n) is 6.66. The minimum Gasteiger partial charge on any atom is -0.321 e. The summed E-state index contributed by atoms with van der Waals surface area (Å²) in [5.41, 5.74) is 2.18. The molecule has 0 aromatic heterocycles. The Morgan fingerprint density at radius 3 is 2.36 bits per heavy atom. The lowest BCUT2D eigenvalue weighted by Crippen LogP contribution is -2.06. The molecule has 1 N–H and O–H groups in total. The minimum absolute atomic E-state index is 0.193. The Morgan fingerprint density at radius 1 is 1.05 bits per heavy atom. The quantitative estimate of drug-likeness (QED) is 0.772. The van der Waals surface area contributed by atoms with Crippen molar-refractivity contribution in [1.29, 1.82) is 0 Å². The molecule has 1 aliphatic rings. The molecule has 0 spiro atoms. The summed E-state index contributed by atoms with van der Waals surface area (Å²) >= 11 is 0. The highest BCUT2D eigenvalue weighted by molar-refractivity contribution is 6.34. The lowest BCUT2D eigenvalue weighted by molar-refractivity contribution is -0.137. The first-order valence-corrected chi connectivity index (χ1v) is 6.66. The van der Waals surface area contributed by atoms with Crippen LogP contribution in [-0.2, 0) is 11.0 Å². The number of rotatable bonds is 1. The van der Waals surface area contributed by atoms with Gasteiger partial charge in [0.05, 0.1) is 5.56 Å². The third-order valence-corrected chi connectivity index (χ3v) is 3.52. The maximum Gasteiger partial charge on any atom is 0.416 e. The van der Waals surface area contributed by atoms with Crippen molar-refractivity contribution in [2.75, 3.05) is 5.32 Å². The van der Waals surface area contributed by atoms with Gasteiger partial charge in [0.25, 0.3) is 5.91 Å². The van der Waals surface area contributed by atoms with Gasteiger partial charge in [0.15, 0.2) is 0 Å². The minimum atomic E-state index is -4.43. The Bertz CT molecular complexity index is 773. The molecule has 2 nitrogen and oxygen atoms in total. The molecule has 1 heterocycles. The van der Waals surface area contributed by atoms with Crippen LogP contribution in [0.2, 0.25) is 0 Å². The molecule has 1 aliphatic heterocycles. The van der Waals surface area contributed by atoms with Crippen LogP contribution in [0.25, 0.3) is 11.6 Å². The highest BCUT2D eigenvalue weighted by Crippen LogP contribution is 2.38. The smallest absolute Gasteiger partial charge is 0.321 e. The summed E-state index contributed by atoms with van der Waals surface area (Å²) in [6.07, 6.45) is -2.75. The van der Waals surface area contributed by atoms with Crippen molar-refractivity contribution in [2.45, 2.75) is 13.1 Å². The van der Waals surface area contributed by atoms with Crippen molar-refractivity contribution in [1.82, 2.24) is 0 Å². The van der Waals surface area contributed by atoms with Gasteiger partial charge in [0, 0.05) is 16.8 Å². The van der Waals surface area contributed by atoms with E-state index in [9.17, 15) is 18.0 Å². The summed E-state index contributed by atoms with van der Waals surface area (Å²) in [5, 5.41) is 2.48. The molecule has 2 aromatic rings. The third-order valence-electron chi connectivity index (χ3n) is 3.52. The van der Waals surface area contributed by atoms with E-state index in [4.69, 9.17) is 0 Å². The Balaban J connectivity index is 2.03. The van der Waals surface area contributed by atoms with Gasteiger partial charge in [-0.1, -0.05) is 35.9 Å². The lowest BCUT2D eigenvalue weighted by Gasteiger charge is -2.08. The zero-order valence-corrected chi connectivity index (χ0v) is 11.7. The highest BCUT2D eigenvalue weighted by Gasteiger charge is 2.33. The number of hydrogen-bond acceptors (Lipinski definition) is 1. The number of amides is 1. The van der Waals surface area contributed by atoms with Crippen LogP contribution < -0.4 is 5.32 Å². The van der Waals surface area contributed by atoms with E-state index in [0.717, 1.165) is 23.3 Å². The van der Waals surface area contributed by atoms with Crippen LogP contribution in [0.3, 0.4) is 0 Å². The van der Waals surface area contributed by atoms with Gasteiger partial charge in [-0.15, -0.1) is 0 Å². The number of carbonyl (C=O) groups excluding carboxylic acids is 1. The number of halogens is 3. The van der Waals surface area contributed by atoms with Crippen LogP contribution in [0.15, 0.2) is 42.5 Å². The summed E-state index contributed by atoms with van der Waals surface area (Å²) in [5.74, 6) is -0.394. The summed E-state index contributed by atoms with van der Waals surface area (Å²) < 4.78 is 38.1. The normalized spacial score (nSPS) is 15.8. The van der Waals surface area contributed by atoms with Crippen LogP contribution in [0, 0.1) is 6.92 Å². The van der Waals surface area contributed by atoms with E-state index in [1.165, 1.54) is 6.07 Å². The van der Waals surface area contributed by atoms with Crippen LogP contribution in [0.4, 0.5) is 18.9 Å². The van der Waals surface area contributed by atoms with E-state index in [1.807, 2.05) is 31.2 Å². The van der Waals surface area contributed by atoms with Gasteiger partial charge in [-0.2, -0.15) is 13.2 Å². The predicted octanol–water partition coefficient (Wildman–Crippen LogP) is 4.51.